The molecular weight excluding hydrogens is 222 g/mol. The summed E-state index contributed by atoms with van der Waals surface area (Å²) in [5, 5.41) is 6.89. The summed E-state index contributed by atoms with van der Waals surface area (Å²) in [5.41, 5.74) is -0.375. The molecule has 0 bridgehead atoms. The van der Waals surface area contributed by atoms with Crippen molar-refractivity contribution in [1.82, 2.24) is 4.90 Å². The average Bonchev–Trinajstić information content (AvgIpc) is 2.17. The third-order valence-electron chi connectivity index (χ3n) is 2.44. The van der Waals surface area contributed by atoms with E-state index in [1.807, 2.05) is 25.7 Å². The van der Waals surface area contributed by atoms with Crippen molar-refractivity contribution in [3.05, 3.63) is 0 Å². The molecule has 0 spiro atoms. The molecule has 0 aromatic carbocycles. The summed E-state index contributed by atoms with van der Waals surface area (Å²) in [6.07, 6.45) is 2.03. The van der Waals surface area contributed by atoms with Gasteiger partial charge in [0.1, 0.15) is 5.60 Å². The van der Waals surface area contributed by atoms with Gasteiger partial charge in [-0.3, -0.25) is 4.79 Å². The highest BCUT2D eigenvalue weighted by Gasteiger charge is 2.24. The summed E-state index contributed by atoms with van der Waals surface area (Å²) in [7, 11) is 0. The zero-order chi connectivity index (χ0) is 13.5. The number of piperidine rings is 1. The molecule has 0 aliphatic carbocycles. The molecule has 5 heteroatoms. The number of nitrogens with zero attached hydrogens (tertiary/aromatic N) is 1. The Balaban J connectivity index is 0.000000770. The van der Waals surface area contributed by atoms with Gasteiger partial charge in [0, 0.05) is 13.1 Å². The largest absolute Gasteiger partial charge is 0.483 e. The van der Waals surface area contributed by atoms with Crippen LogP contribution in [0.15, 0.2) is 0 Å². The first-order valence-electron chi connectivity index (χ1n) is 5.86. The summed E-state index contributed by atoms with van der Waals surface area (Å²) < 4.78 is 5.30. The SMILES string of the molecule is CC1CCN(C(=O)OC(C)(C)C)CC1.O=CO. The summed E-state index contributed by atoms with van der Waals surface area (Å²) >= 11 is 0. The summed E-state index contributed by atoms with van der Waals surface area (Å²) in [4.78, 5) is 21.8. The van der Waals surface area contributed by atoms with Gasteiger partial charge in [0.05, 0.1) is 0 Å². The van der Waals surface area contributed by atoms with Crippen molar-refractivity contribution in [3.8, 4) is 0 Å². The molecule has 1 rings (SSSR count). The maximum Gasteiger partial charge on any atom is 0.410 e. The van der Waals surface area contributed by atoms with Gasteiger partial charge in [-0.25, -0.2) is 4.79 Å². The number of carbonyl (C=O) groups excluding carboxylic acids is 1. The van der Waals surface area contributed by atoms with Gasteiger partial charge < -0.3 is 14.7 Å². The molecule has 1 amide bonds. The molecule has 0 radical (unpaired) electrons. The minimum absolute atomic E-state index is 0.163. The van der Waals surface area contributed by atoms with Crippen molar-refractivity contribution in [3.63, 3.8) is 0 Å². The minimum atomic E-state index is -0.375. The molecule has 17 heavy (non-hydrogen) atoms. The Morgan fingerprint density at radius 1 is 1.35 bits per heavy atom. The third-order valence-corrected chi connectivity index (χ3v) is 2.44. The van der Waals surface area contributed by atoms with E-state index in [0.717, 1.165) is 31.8 Å². The van der Waals surface area contributed by atoms with Gasteiger partial charge in [0.2, 0.25) is 0 Å². The highest BCUT2D eigenvalue weighted by molar-refractivity contribution is 5.68. The lowest BCUT2D eigenvalue weighted by molar-refractivity contribution is -0.122. The zero-order valence-corrected chi connectivity index (χ0v) is 11.1. The maximum atomic E-state index is 11.6. The molecule has 1 aliphatic rings. The molecule has 100 valence electrons. The third kappa shape index (κ3) is 7.60. The van der Waals surface area contributed by atoms with Crippen LogP contribution in [0.1, 0.15) is 40.5 Å². The number of likely N-dealkylation sites (tertiary alicyclic amines) is 1. The van der Waals surface area contributed by atoms with Gasteiger partial charge in [0.25, 0.3) is 6.47 Å². The molecular formula is C12H23NO4. The maximum absolute atomic E-state index is 11.6. The van der Waals surface area contributed by atoms with Crippen molar-refractivity contribution < 1.29 is 19.4 Å². The lowest BCUT2D eigenvalue weighted by atomic mass is 10.00. The van der Waals surface area contributed by atoms with Crippen molar-refractivity contribution in [1.29, 1.82) is 0 Å². The van der Waals surface area contributed by atoms with E-state index >= 15 is 0 Å². The highest BCUT2D eigenvalue weighted by Crippen LogP contribution is 2.18. The molecule has 0 aromatic rings. The van der Waals surface area contributed by atoms with Gasteiger partial charge in [-0.2, -0.15) is 0 Å². The Morgan fingerprint density at radius 3 is 2.12 bits per heavy atom. The Bertz CT molecular complexity index is 239. The fourth-order valence-corrected chi connectivity index (χ4v) is 1.52. The van der Waals surface area contributed by atoms with Gasteiger partial charge in [-0.05, 0) is 39.5 Å². The molecule has 0 aromatic heterocycles. The van der Waals surface area contributed by atoms with Crippen LogP contribution in [0.4, 0.5) is 4.79 Å². The van der Waals surface area contributed by atoms with Crippen molar-refractivity contribution in [2.75, 3.05) is 13.1 Å². The number of hydrogen-bond donors (Lipinski definition) is 1. The quantitative estimate of drug-likeness (QED) is 0.665. The van der Waals surface area contributed by atoms with Crippen LogP contribution in [0.3, 0.4) is 0 Å². The molecule has 0 saturated carbocycles. The first-order valence-corrected chi connectivity index (χ1v) is 5.86. The number of carbonyl (C=O) groups is 2. The summed E-state index contributed by atoms with van der Waals surface area (Å²) in [6, 6.07) is 0. The van der Waals surface area contributed by atoms with Crippen LogP contribution in [0.5, 0.6) is 0 Å². The van der Waals surface area contributed by atoms with E-state index in [-0.39, 0.29) is 18.2 Å². The average molecular weight is 245 g/mol. The molecule has 5 nitrogen and oxygen atoms in total. The lowest BCUT2D eigenvalue weighted by Crippen LogP contribution is -2.41. The molecule has 1 fully saturated rings. The molecule has 1 saturated heterocycles. The second-order valence-electron chi connectivity index (χ2n) is 5.26. The van der Waals surface area contributed by atoms with Crippen molar-refractivity contribution >= 4 is 12.6 Å². The predicted octanol–water partition coefficient (Wildman–Crippen LogP) is 2.35. The van der Waals surface area contributed by atoms with E-state index in [9.17, 15) is 4.79 Å². The molecule has 0 atom stereocenters. The number of ether oxygens (including phenoxy) is 1. The Hall–Kier alpha value is -1.26. The second kappa shape index (κ2) is 7.14. The number of amides is 1. The first-order chi connectivity index (χ1) is 7.80. The van der Waals surface area contributed by atoms with E-state index in [2.05, 4.69) is 6.92 Å². The van der Waals surface area contributed by atoms with E-state index < -0.39 is 0 Å². The normalized spacial score (nSPS) is 16.8. The fourth-order valence-electron chi connectivity index (χ4n) is 1.52. The number of hydrogen-bond acceptors (Lipinski definition) is 3. The Kier molecular flexibility index (Phi) is 6.61. The Morgan fingerprint density at radius 2 is 1.76 bits per heavy atom. The van der Waals surface area contributed by atoms with Crippen molar-refractivity contribution in [2.45, 2.75) is 46.1 Å². The van der Waals surface area contributed by atoms with Gasteiger partial charge in [0.15, 0.2) is 0 Å². The highest BCUT2D eigenvalue weighted by atomic mass is 16.6. The van der Waals surface area contributed by atoms with Crippen LogP contribution in [-0.2, 0) is 9.53 Å². The van der Waals surface area contributed by atoms with E-state index in [1.54, 1.807) is 0 Å². The van der Waals surface area contributed by atoms with Gasteiger partial charge >= 0.3 is 6.09 Å². The monoisotopic (exact) mass is 245 g/mol. The Labute approximate surface area is 103 Å². The molecule has 1 N–H and O–H groups in total. The van der Waals surface area contributed by atoms with Gasteiger partial charge in [-0.15, -0.1) is 0 Å². The van der Waals surface area contributed by atoms with Crippen LogP contribution in [0.25, 0.3) is 0 Å². The second-order valence-corrected chi connectivity index (χ2v) is 5.26. The topological polar surface area (TPSA) is 66.8 Å². The predicted molar refractivity (Wildman–Crippen MR) is 64.9 cm³/mol. The van der Waals surface area contributed by atoms with Crippen molar-refractivity contribution in [2.24, 2.45) is 5.92 Å². The van der Waals surface area contributed by atoms with Crippen LogP contribution in [0, 0.1) is 5.92 Å². The van der Waals surface area contributed by atoms with E-state index in [0.29, 0.717) is 0 Å². The van der Waals surface area contributed by atoms with Crippen LogP contribution >= 0.6 is 0 Å². The first kappa shape index (κ1) is 15.7. The smallest absolute Gasteiger partial charge is 0.410 e. The minimum Gasteiger partial charge on any atom is -0.483 e. The number of carboxylic acid groups (broad SMARTS) is 1. The number of rotatable bonds is 0. The van der Waals surface area contributed by atoms with E-state index in [4.69, 9.17) is 14.6 Å². The summed E-state index contributed by atoms with van der Waals surface area (Å²) in [5.74, 6) is 0.744. The standard InChI is InChI=1S/C11H21NO2.CH2O2/c1-9-5-7-12(8-6-9)10(13)14-11(2,3)4;2-1-3/h9H,5-8H2,1-4H3;1H,(H,2,3). The molecule has 0 unspecified atom stereocenters. The zero-order valence-electron chi connectivity index (χ0n) is 11.1. The van der Waals surface area contributed by atoms with Gasteiger partial charge in [-0.1, -0.05) is 6.92 Å². The lowest BCUT2D eigenvalue weighted by Gasteiger charge is -2.32. The fraction of sp³-hybridized carbons (Fsp3) is 0.833. The van der Waals surface area contributed by atoms with Crippen LogP contribution in [0.2, 0.25) is 0 Å². The summed E-state index contributed by atoms with van der Waals surface area (Å²) in [6.45, 7) is 9.37. The van der Waals surface area contributed by atoms with Crippen LogP contribution in [-0.4, -0.2) is 41.3 Å². The van der Waals surface area contributed by atoms with E-state index in [1.165, 1.54) is 0 Å². The molecule has 1 heterocycles. The molecule has 1 aliphatic heterocycles. The van der Waals surface area contributed by atoms with Crippen LogP contribution < -0.4 is 0 Å².